The van der Waals surface area contributed by atoms with E-state index in [1.54, 1.807) is 38.1 Å². The fraction of sp³-hybridized carbons (Fsp3) is 0.286. The minimum absolute atomic E-state index is 0.172. The van der Waals surface area contributed by atoms with Crippen LogP contribution in [0.25, 0.3) is 6.08 Å². The summed E-state index contributed by atoms with van der Waals surface area (Å²) in [5.74, 6) is -0.403. The van der Waals surface area contributed by atoms with Gasteiger partial charge in [0.25, 0.3) is 5.56 Å². The lowest BCUT2D eigenvalue weighted by Gasteiger charge is -2.25. The number of fused-ring (bicyclic) bond motifs is 1. The van der Waals surface area contributed by atoms with Gasteiger partial charge in [-0.05, 0) is 50.1 Å². The zero-order chi connectivity index (χ0) is 27.2. The molecule has 1 aromatic heterocycles. The highest BCUT2D eigenvalue weighted by atomic mass is 32.1. The summed E-state index contributed by atoms with van der Waals surface area (Å²) in [4.78, 5) is 43.5. The third kappa shape index (κ3) is 5.55. The first-order valence-corrected chi connectivity index (χ1v) is 12.9. The van der Waals surface area contributed by atoms with E-state index in [9.17, 15) is 14.4 Å². The van der Waals surface area contributed by atoms with Gasteiger partial charge in [-0.1, -0.05) is 47.7 Å². The molecule has 0 bridgehead atoms. The van der Waals surface area contributed by atoms with Gasteiger partial charge in [0.1, 0.15) is 0 Å². The Bertz CT molecular complexity index is 1550. The minimum atomic E-state index is -0.808. The van der Waals surface area contributed by atoms with E-state index in [1.165, 1.54) is 23.0 Å². The Hall–Kier alpha value is -4.18. The lowest BCUT2D eigenvalue weighted by atomic mass is 9.95. The Morgan fingerprint density at radius 1 is 1.05 bits per heavy atom. The van der Waals surface area contributed by atoms with Gasteiger partial charge < -0.3 is 18.9 Å². The smallest absolute Gasteiger partial charge is 0.343 e. The third-order valence-electron chi connectivity index (χ3n) is 5.77. The van der Waals surface area contributed by atoms with Crippen LogP contribution < -0.4 is 24.4 Å². The molecule has 0 unspecified atom stereocenters. The number of hydrogen-bond acceptors (Lipinski definition) is 9. The van der Waals surface area contributed by atoms with Gasteiger partial charge in [0.15, 0.2) is 22.9 Å². The number of benzene rings is 2. The maximum Gasteiger partial charge on any atom is 0.343 e. The normalized spacial score (nSPS) is 14.9. The molecule has 1 aliphatic heterocycles. The molecule has 9 nitrogen and oxygen atoms in total. The number of rotatable bonds is 9. The summed E-state index contributed by atoms with van der Waals surface area (Å²) in [5.41, 5.74) is 1.92. The van der Waals surface area contributed by atoms with Gasteiger partial charge in [-0.2, -0.15) is 0 Å². The summed E-state index contributed by atoms with van der Waals surface area (Å²) in [7, 11) is 1.28. The fourth-order valence-corrected chi connectivity index (χ4v) is 5.13. The molecule has 0 saturated carbocycles. The number of thiazole rings is 1. The van der Waals surface area contributed by atoms with Crippen molar-refractivity contribution in [1.82, 2.24) is 4.57 Å². The molecular formula is C28H28N2O7S. The van der Waals surface area contributed by atoms with Gasteiger partial charge >= 0.3 is 11.9 Å². The monoisotopic (exact) mass is 536 g/mol. The molecule has 0 saturated heterocycles. The van der Waals surface area contributed by atoms with Crippen LogP contribution in [0, 0.1) is 0 Å². The van der Waals surface area contributed by atoms with E-state index in [4.69, 9.17) is 14.2 Å². The topological polar surface area (TPSA) is 105 Å². The Labute approximate surface area is 223 Å². The molecule has 4 rings (SSSR count). The van der Waals surface area contributed by atoms with Gasteiger partial charge in [-0.15, -0.1) is 0 Å². The number of nitrogens with zero attached hydrogens (tertiary/aromatic N) is 2. The maximum absolute atomic E-state index is 13.7. The molecule has 2 heterocycles. The minimum Gasteiger partial charge on any atom is -0.490 e. The van der Waals surface area contributed by atoms with Crippen LogP contribution in [0.3, 0.4) is 0 Å². The number of carbonyl (C=O) groups is 2. The molecule has 3 aromatic rings. The highest BCUT2D eigenvalue weighted by Gasteiger charge is 2.34. The van der Waals surface area contributed by atoms with Gasteiger partial charge in [0.05, 0.1) is 42.2 Å². The molecule has 198 valence electrons. The second-order valence-corrected chi connectivity index (χ2v) is 9.23. The molecule has 10 heteroatoms. The van der Waals surface area contributed by atoms with E-state index >= 15 is 0 Å². The standard InChI is InChI=1S/C28H28N2O7S/c1-5-35-21-15-19(12-13-20(21)37-16-23(31)34-4)25-24(27(33)36-6-2)17(3)29-28-30(25)26(32)22(38-28)14-18-10-8-7-9-11-18/h7-15,25H,5-6,16H2,1-4H3/b22-14-/t25-/m0/s1. The van der Waals surface area contributed by atoms with Crippen molar-refractivity contribution in [2.75, 3.05) is 26.9 Å². The van der Waals surface area contributed by atoms with Crippen molar-refractivity contribution >= 4 is 29.4 Å². The zero-order valence-electron chi connectivity index (χ0n) is 21.6. The highest BCUT2D eigenvalue weighted by Crippen LogP contribution is 2.36. The number of esters is 2. The molecule has 1 atom stereocenters. The first kappa shape index (κ1) is 26.9. The predicted molar refractivity (Wildman–Crippen MR) is 142 cm³/mol. The van der Waals surface area contributed by atoms with Crippen molar-refractivity contribution in [1.29, 1.82) is 0 Å². The molecule has 38 heavy (non-hydrogen) atoms. The fourth-order valence-electron chi connectivity index (χ4n) is 4.09. The Morgan fingerprint density at radius 3 is 2.50 bits per heavy atom. The van der Waals surface area contributed by atoms with E-state index in [-0.39, 0.29) is 24.3 Å². The van der Waals surface area contributed by atoms with Crippen molar-refractivity contribution < 1.29 is 28.5 Å². The largest absolute Gasteiger partial charge is 0.490 e. The lowest BCUT2D eigenvalue weighted by molar-refractivity contribution is -0.143. The van der Waals surface area contributed by atoms with Crippen LogP contribution in [-0.2, 0) is 19.1 Å². The molecule has 0 fully saturated rings. The summed E-state index contributed by atoms with van der Waals surface area (Å²) in [6.07, 6.45) is 1.81. The molecule has 0 radical (unpaired) electrons. The van der Waals surface area contributed by atoms with Crippen LogP contribution in [0.15, 0.2) is 69.6 Å². The van der Waals surface area contributed by atoms with Crippen molar-refractivity contribution in [2.24, 2.45) is 4.99 Å². The number of methoxy groups -OCH3 is 1. The van der Waals surface area contributed by atoms with E-state index in [2.05, 4.69) is 9.73 Å². The zero-order valence-corrected chi connectivity index (χ0v) is 22.4. The van der Waals surface area contributed by atoms with E-state index < -0.39 is 18.0 Å². The van der Waals surface area contributed by atoms with Crippen molar-refractivity contribution in [3.05, 3.63) is 90.6 Å². The molecule has 2 aromatic carbocycles. The second-order valence-electron chi connectivity index (χ2n) is 8.22. The molecule has 0 N–H and O–H groups in total. The average Bonchev–Trinajstić information content (AvgIpc) is 3.21. The van der Waals surface area contributed by atoms with Crippen molar-refractivity contribution in [3.63, 3.8) is 0 Å². The Morgan fingerprint density at radius 2 is 1.82 bits per heavy atom. The molecule has 0 spiro atoms. The van der Waals surface area contributed by atoms with Gasteiger partial charge in [-0.3, -0.25) is 9.36 Å². The Kier molecular flexibility index (Phi) is 8.42. The first-order valence-electron chi connectivity index (χ1n) is 12.1. The number of carbonyl (C=O) groups excluding carboxylic acids is 2. The van der Waals surface area contributed by atoms with Crippen LogP contribution in [0.1, 0.15) is 37.9 Å². The predicted octanol–water partition coefficient (Wildman–Crippen LogP) is 2.75. The summed E-state index contributed by atoms with van der Waals surface area (Å²) >= 11 is 1.25. The van der Waals surface area contributed by atoms with E-state index in [0.29, 0.717) is 38.7 Å². The summed E-state index contributed by atoms with van der Waals surface area (Å²) in [5, 5.41) is 0. The van der Waals surface area contributed by atoms with Crippen molar-refractivity contribution in [2.45, 2.75) is 26.8 Å². The lowest BCUT2D eigenvalue weighted by Crippen LogP contribution is -2.40. The van der Waals surface area contributed by atoms with Crippen LogP contribution in [0.2, 0.25) is 0 Å². The number of hydrogen-bond donors (Lipinski definition) is 0. The highest BCUT2D eigenvalue weighted by molar-refractivity contribution is 7.07. The number of ether oxygens (including phenoxy) is 4. The number of allylic oxidation sites excluding steroid dienone is 1. The third-order valence-corrected chi connectivity index (χ3v) is 6.75. The second kappa shape index (κ2) is 11.9. The summed E-state index contributed by atoms with van der Waals surface area (Å²) in [6.45, 7) is 5.47. The number of aromatic nitrogens is 1. The molecular weight excluding hydrogens is 508 g/mol. The molecule has 1 aliphatic rings. The summed E-state index contributed by atoms with van der Waals surface area (Å²) < 4.78 is 23.4. The van der Waals surface area contributed by atoms with Gasteiger partial charge in [0, 0.05) is 0 Å². The summed E-state index contributed by atoms with van der Waals surface area (Å²) in [6, 6.07) is 13.8. The first-order chi connectivity index (χ1) is 18.4. The van der Waals surface area contributed by atoms with Gasteiger partial charge in [0.2, 0.25) is 0 Å². The SMILES string of the molecule is CCOC(=O)C1=C(C)N=c2s/c(=C\c3ccccc3)c(=O)n2[C@H]1c1ccc(OCC(=O)OC)c(OCC)c1. The maximum atomic E-state index is 13.7. The average molecular weight is 537 g/mol. The molecule has 0 aliphatic carbocycles. The van der Waals surface area contributed by atoms with Crippen LogP contribution >= 0.6 is 11.3 Å². The van der Waals surface area contributed by atoms with Crippen molar-refractivity contribution in [3.8, 4) is 11.5 Å². The van der Waals surface area contributed by atoms with E-state index in [1.807, 2.05) is 37.3 Å². The quantitative estimate of drug-likeness (QED) is 0.387. The van der Waals surface area contributed by atoms with Crippen LogP contribution in [0.4, 0.5) is 0 Å². The van der Waals surface area contributed by atoms with Crippen LogP contribution in [0.5, 0.6) is 11.5 Å². The van der Waals surface area contributed by atoms with E-state index in [0.717, 1.165) is 5.56 Å². The van der Waals surface area contributed by atoms with Crippen LogP contribution in [-0.4, -0.2) is 43.4 Å². The Balaban J connectivity index is 1.89. The van der Waals surface area contributed by atoms with Gasteiger partial charge in [-0.25, -0.2) is 14.6 Å². The molecule has 0 amide bonds.